The van der Waals surface area contributed by atoms with Gasteiger partial charge in [-0.3, -0.25) is 14.2 Å². The fourth-order valence-corrected chi connectivity index (χ4v) is 5.49. The van der Waals surface area contributed by atoms with Crippen molar-refractivity contribution >= 4 is 39.2 Å². The van der Waals surface area contributed by atoms with Gasteiger partial charge in [0.25, 0.3) is 5.56 Å². The summed E-state index contributed by atoms with van der Waals surface area (Å²) in [6, 6.07) is 5.85. The molecule has 8 heteroatoms. The third-order valence-electron chi connectivity index (χ3n) is 5.21. The number of rotatable bonds is 7. The molecule has 6 nitrogen and oxygen atoms in total. The van der Waals surface area contributed by atoms with Crippen LogP contribution in [-0.2, 0) is 17.8 Å². The SMILES string of the molecule is CCc1cc2c(=O)n(Cc3ccco3)c(SCC(=O)NC3CCCCC3)nc2s1. The molecule has 0 unspecified atom stereocenters. The maximum absolute atomic E-state index is 13.1. The molecule has 3 aromatic heterocycles. The van der Waals surface area contributed by atoms with E-state index in [1.807, 2.05) is 12.1 Å². The van der Waals surface area contributed by atoms with Crippen molar-refractivity contribution in [3.05, 3.63) is 45.5 Å². The van der Waals surface area contributed by atoms with Gasteiger partial charge in [-0.1, -0.05) is 37.9 Å². The Morgan fingerprint density at radius 1 is 1.38 bits per heavy atom. The zero-order chi connectivity index (χ0) is 20.2. The monoisotopic (exact) mass is 431 g/mol. The van der Waals surface area contributed by atoms with Crippen molar-refractivity contribution in [2.24, 2.45) is 0 Å². The van der Waals surface area contributed by atoms with E-state index < -0.39 is 0 Å². The number of carbonyl (C=O) groups is 1. The molecule has 0 aliphatic heterocycles. The second-order valence-electron chi connectivity index (χ2n) is 7.34. The molecule has 1 saturated carbocycles. The number of furan rings is 1. The van der Waals surface area contributed by atoms with Crippen molar-refractivity contribution in [2.45, 2.75) is 63.2 Å². The Balaban J connectivity index is 1.57. The molecule has 1 fully saturated rings. The van der Waals surface area contributed by atoms with Gasteiger partial charge in [0.2, 0.25) is 5.91 Å². The first-order valence-electron chi connectivity index (χ1n) is 10.1. The summed E-state index contributed by atoms with van der Waals surface area (Å²) in [5.41, 5.74) is -0.0856. The summed E-state index contributed by atoms with van der Waals surface area (Å²) in [5, 5.41) is 4.32. The number of amides is 1. The van der Waals surface area contributed by atoms with E-state index in [-0.39, 0.29) is 23.3 Å². The minimum Gasteiger partial charge on any atom is -0.467 e. The second kappa shape index (κ2) is 9.17. The highest BCUT2D eigenvalue weighted by atomic mass is 32.2. The van der Waals surface area contributed by atoms with Crippen molar-refractivity contribution in [3.63, 3.8) is 0 Å². The van der Waals surface area contributed by atoms with Crippen LogP contribution >= 0.6 is 23.1 Å². The minimum absolute atomic E-state index is 0.00113. The number of aryl methyl sites for hydroxylation is 1. The molecule has 1 amide bonds. The number of hydrogen-bond donors (Lipinski definition) is 1. The van der Waals surface area contributed by atoms with Gasteiger partial charge in [0.1, 0.15) is 10.6 Å². The first-order valence-corrected chi connectivity index (χ1v) is 11.9. The van der Waals surface area contributed by atoms with E-state index in [0.29, 0.717) is 22.8 Å². The van der Waals surface area contributed by atoms with Crippen LogP contribution in [0.5, 0.6) is 0 Å². The van der Waals surface area contributed by atoms with Gasteiger partial charge in [-0.15, -0.1) is 11.3 Å². The number of nitrogens with zero attached hydrogens (tertiary/aromatic N) is 2. The van der Waals surface area contributed by atoms with Crippen molar-refractivity contribution in [2.75, 3.05) is 5.75 Å². The zero-order valence-corrected chi connectivity index (χ0v) is 18.1. The standard InChI is InChI=1S/C21H25N3O3S2/c1-2-16-11-17-19(29-16)23-21(24(20(17)26)12-15-9-6-10-27-15)28-13-18(25)22-14-7-4-3-5-8-14/h6,9-11,14H,2-5,7-8,12-13H2,1H3,(H,22,25). The Morgan fingerprint density at radius 2 is 2.21 bits per heavy atom. The van der Waals surface area contributed by atoms with Gasteiger partial charge in [-0.05, 0) is 37.5 Å². The van der Waals surface area contributed by atoms with Crippen LogP contribution in [-0.4, -0.2) is 27.3 Å². The largest absolute Gasteiger partial charge is 0.467 e. The fraction of sp³-hybridized carbons (Fsp3) is 0.476. The third kappa shape index (κ3) is 4.75. The van der Waals surface area contributed by atoms with E-state index in [9.17, 15) is 9.59 Å². The van der Waals surface area contributed by atoms with Crippen molar-refractivity contribution < 1.29 is 9.21 Å². The van der Waals surface area contributed by atoms with Crippen LogP contribution < -0.4 is 10.9 Å². The normalized spacial score (nSPS) is 15.1. The Labute approximate surface area is 177 Å². The van der Waals surface area contributed by atoms with Crippen LogP contribution in [0.4, 0.5) is 0 Å². The van der Waals surface area contributed by atoms with E-state index in [4.69, 9.17) is 9.40 Å². The lowest BCUT2D eigenvalue weighted by atomic mass is 9.95. The maximum atomic E-state index is 13.1. The highest BCUT2D eigenvalue weighted by Gasteiger charge is 2.19. The number of thioether (sulfide) groups is 1. The lowest BCUT2D eigenvalue weighted by molar-refractivity contribution is -0.119. The number of hydrogen-bond acceptors (Lipinski definition) is 6. The summed E-state index contributed by atoms with van der Waals surface area (Å²) in [7, 11) is 0. The first kappa shape index (κ1) is 20.2. The van der Waals surface area contributed by atoms with Gasteiger partial charge in [0, 0.05) is 10.9 Å². The molecule has 0 radical (unpaired) electrons. The lowest BCUT2D eigenvalue weighted by Crippen LogP contribution is -2.37. The number of nitrogens with one attached hydrogen (secondary N) is 1. The minimum atomic E-state index is -0.0856. The Morgan fingerprint density at radius 3 is 2.93 bits per heavy atom. The maximum Gasteiger partial charge on any atom is 0.263 e. The summed E-state index contributed by atoms with van der Waals surface area (Å²) in [6.45, 7) is 2.37. The number of thiophene rings is 1. The molecular weight excluding hydrogens is 406 g/mol. The number of carbonyl (C=O) groups excluding carboxylic acids is 1. The van der Waals surface area contributed by atoms with E-state index in [2.05, 4.69) is 12.2 Å². The van der Waals surface area contributed by atoms with Crippen LogP contribution in [0.3, 0.4) is 0 Å². The summed E-state index contributed by atoms with van der Waals surface area (Å²) in [5.74, 6) is 0.937. The molecular formula is C21H25N3O3S2. The van der Waals surface area contributed by atoms with Gasteiger partial charge >= 0.3 is 0 Å². The Kier molecular flexibility index (Phi) is 6.40. The van der Waals surface area contributed by atoms with E-state index >= 15 is 0 Å². The molecule has 0 spiro atoms. The molecule has 1 aliphatic carbocycles. The molecule has 0 saturated heterocycles. The molecule has 0 aromatic carbocycles. The topological polar surface area (TPSA) is 77.1 Å². The van der Waals surface area contributed by atoms with Gasteiger partial charge in [-0.25, -0.2) is 4.98 Å². The van der Waals surface area contributed by atoms with E-state index in [1.54, 1.807) is 28.2 Å². The molecule has 154 valence electrons. The van der Waals surface area contributed by atoms with Crippen molar-refractivity contribution in [3.8, 4) is 0 Å². The summed E-state index contributed by atoms with van der Waals surface area (Å²) < 4.78 is 7.06. The molecule has 3 aromatic rings. The van der Waals surface area contributed by atoms with Gasteiger partial charge in [-0.2, -0.15) is 0 Å². The molecule has 1 N–H and O–H groups in total. The predicted molar refractivity (Wildman–Crippen MR) is 117 cm³/mol. The van der Waals surface area contributed by atoms with Crippen molar-refractivity contribution in [1.29, 1.82) is 0 Å². The highest BCUT2D eigenvalue weighted by Crippen LogP contribution is 2.26. The molecule has 0 bridgehead atoms. The molecule has 0 atom stereocenters. The van der Waals surface area contributed by atoms with Crippen LogP contribution in [0, 0.1) is 0 Å². The summed E-state index contributed by atoms with van der Waals surface area (Å²) in [6.07, 6.45) is 8.18. The first-order chi connectivity index (χ1) is 14.1. The van der Waals surface area contributed by atoms with Crippen LogP contribution in [0.1, 0.15) is 49.7 Å². The number of aromatic nitrogens is 2. The van der Waals surface area contributed by atoms with Gasteiger partial charge < -0.3 is 9.73 Å². The quantitative estimate of drug-likeness (QED) is 0.448. The average molecular weight is 432 g/mol. The highest BCUT2D eigenvalue weighted by molar-refractivity contribution is 7.99. The predicted octanol–water partition coefficient (Wildman–Crippen LogP) is 4.20. The second-order valence-corrected chi connectivity index (χ2v) is 9.40. The number of fused-ring (bicyclic) bond motifs is 1. The van der Waals surface area contributed by atoms with Crippen molar-refractivity contribution in [1.82, 2.24) is 14.9 Å². The van der Waals surface area contributed by atoms with Crippen LogP contribution in [0.2, 0.25) is 0 Å². The Hall–Kier alpha value is -2.06. The third-order valence-corrected chi connectivity index (χ3v) is 7.36. The van der Waals surface area contributed by atoms with E-state index in [1.165, 1.54) is 31.0 Å². The molecule has 3 heterocycles. The zero-order valence-electron chi connectivity index (χ0n) is 16.5. The molecule has 4 rings (SSSR count). The molecule has 1 aliphatic rings. The van der Waals surface area contributed by atoms with Gasteiger partial charge in [0.15, 0.2) is 5.16 Å². The van der Waals surface area contributed by atoms with E-state index in [0.717, 1.165) is 29.0 Å². The average Bonchev–Trinajstić information content (AvgIpc) is 3.39. The Bertz CT molecular complexity index is 1030. The summed E-state index contributed by atoms with van der Waals surface area (Å²) in [4.78, 5) is 32.2. The fourth-order valence-electron chi connectivity index (χ4n) is 3.68. The van der Waals surface area contributed by atoms with Gasteiger partial charge in [0.05, 0.1) is 23.9 Å². The summed E-state index contributed by atoms with van der Waals surface area (Å²) >= 11 is 2.86. The molecule has 29 heavy (non-hydrogen) atoms. The van der Waals surface area contributed by atoms with Crippen LogP contribution in [0.25, 0.3) is 10.2 Å². The smallest absolute Gasteiger partial charge is 0.263 e. The van der Waals surface area contributed by atoms with Crippen LogP contribution in [0.15, 0.2) is 38.8 Å². The lowest BCUT2D eigenvalue weighted by Gasteiger charge is -2.22.